The van der Waals surface area contributed by atoms with Crippen molar-refractivity contribution in [2.75, 3.05) is 12.0 Å². The molecule has 0 aliphatic rings. The normalized spacial score (nSPS) is 11.4. The zero-order valence-corrected chi connectivity index (χ0v) is 25.1. The number of hydrogen-bond acceptors (Lipinski definition) is 6. The van der Waals surface area contributed by atoms with Crippen molar-refractivity contribution in [1.29, 1.82) is 0 Å². The van der Waals surface area contributed by atoms with Crippen LogP contribution in [0, 0.1) is 6.92 Å². The SMILES string of the molecule is CSCC[C@H](NC(=O)c1ccc(COCc2ccc(-c3ccc(C(C)=O)cc3)o2)cc1-c1ccccc1C)C(=O)O.[H-].[Li+]. The van der Waals surface area contributed by atoms with Gasteiger partial charge in [-0.3, -0.25) is 9.59 Å². The van der Waals surface area contributed by atoms with Gasteiger partial charge in [0.05, 0.1) is 6.61 Å². The minimum absolute atomic E-state index is 0. The number of carboxylic acid groups (broad SMARTS) is 1. The third kappa shape index (κ3) is 8.49. The van der Waals surface area contributed by atoms with Crippen molar-refractivity contribution in [1.82, 2.24) is 5.32 Å². The fraction of sp³-hybridized carbons (Fsp3) is 0.242. The van der Waals surface area contributed by atoms with E-state index < -0.39 is 17.9 Å². The van der Waals surface area contributed by atoms with Crippen LogP contribution in [0.25, 0.3) is 22.5 Å². The molecule has 0 aliphatic carbocycles. The molecule has 2 N–H and O–H groups in total. The van der Waals surface area contributed by atoms with Crippen LogP contribution in [0.1, 0.15) is 52.4 Å². The maximum atomic E-state index is 13.3. The van der Waals surface area contributed by atoms with E-state index >= 15 is 0 Å². The van der Waals surface area contributed by atoms with Crippen molar-refractivity contribution in [3.8, 4) is 22.5 Å². The summed E-state index contributed by atoms with van der Waals surface area (Å²) < 4.78 is 11.9. The number of benzene rings is 3. The topological polar surface area (TPSA) is 106 Å². The first kappa shape index (κ1) is 33.0. The first-order chi connectivity index (χ1) is 19.8. The van der Waals surface area contributed by atoms with E-state index in [1.165, 1.54) is 18.7 Å². The van der Waals surface area contributed by atoms with Crippen LogP contribution in [-0.2, 0) is 22.7 Å². The Bertz CT molecular complexity index is 1540. The molecule has 9 heteroatoms. The molecule has 0 spiro atoms. The molecule has 4 rings (SSSR count). The number of amides is 1. The fourth-order valence-corrected chi connectivity index (χ4v) is 4.93. The summed E-state index contributed by atoms with van der Waals surface area (Å²) in [5.74, 6) is 0.512. The molecule has 214 valence electrons. The number of nitrogens with one attached hydrogen (secondary N) is 1. The molecule has 0 fully saturated rings. The second kappa shape index (κ2) is 15.6. The van der Waals surface area contributed by atoms with Crippen molar-refractivity contribution in [2.45, 2.75) is 39.5 Å². The number of thioether (sulfide) groups is 1. The Balaban J connectivity index is 0.00000323. The van der Waals surface area contributed by atoms with Gasteiger partial charge < -0.3 is 21.0 Å². The van der Waals surface area contributed by atoms with E-state index in [2.05, 4.69) is 5.32 Å². The van der Waals surface area contributed by atoms with Crippen molar-refractivity contribution >= 4 is 29.4 Å². The average Bonchev–Trinajstić information content (AvgIpc) is 3.44. The Labute approximate surface area is 263 Å². The summed E-state index contributed by atoms with van der Waals surface area (Å²) in [6.07, 6.45) is 2.24. The van der Waals surface area contributed by atoms with Crippen LogP contribution < -0.4 is 24.2 Å². The van der Waals surface area contributed by atoms with Gasteiger partial charge in [-0.15, -0.1) is 0 Å². The molecule has 42 heavy (non-hydrogen) atoms. The van der Waals surface area contributed by atoms with E-state index in [0.717, 1.165) is 22.3 Å². The van der Waals surface area contributed by atoms with Crippen LogP contribution in [0.15, 0.2) is 83.3 Å². The van der Waals surface area contributed by atoms with E-state index in [9.17, 15) is 19.5 Å². The van der Waals surface area contributed by atoms with Gasteiger partial charge in [-0.1, -0.05) is 54.6 Å². The molecule has 1 aromatic heterocycles. The van der Waals surface area contributed by atoms with E-state index in [0.29, 0.717) is 40.4 Å². The largest absolute Gasteiger partial charge is 1.00 e. The zero-order chi connectivity index (χ0) is 29.4. The van der Waals surface area contributed by atoms with Gasteiger partial charge >= 0.3 is 24.8 Å². The molecule has 0 unspecified atom stereocenters. The van der Waals surface area contributed by atoms with Crippen LogP contribution in [-0.4, -0.2) is 40.8 Å². The van der Waals surface area contributed by atoms with Crippen LogP contribution in [0.5, 0.6) is 0 Å². The first-order valence-corrected chi connectivity index (χ1v) is 14.7. The number of hydrogen-bond donors (Lipinski definition) is 2. The number of carbonyl (C=O) groups is 3. The summed E-state index contributed by atoms with van der Waals surface area (Å²) in [5, 5.41) is 12.3. The number of ketones is 1. The maximum Gasteiger partial charge on any atom is 1.00 e. The van der Waals surface area contributed by atoms with Gasteiger partial charge in [0.15, 0.2) is 5.78 Å². The number of aliphatic carboxylic acids is 1. The minimum atomic E-state index is -1.05. The molecule has 0 saturated heterocycles. The number of carbonyl (C=O) groups excluding carboxylic acids is 2. The number of furan rings is 1. The fourth-order valence-electron chi connectivity index (χ4n) is 4.46. The van der Waals surface area contributed by atoms with Crippen LogP contribution in [0.4, 0.5) is 0 Å². The molecule has 7 nitrogen and oxygen atoms in total. The van der Waals surface area contributed by atoms with Gasteiger partial charge in [-0.2, -0.15) is 11.8 Å². The number of rotatable bonds is 13. The molecule has 4 aromatic rings. The van der Waals surface area contributed by atoms with Gasteiger partial charge in [0.2, 0.25) is 0 Å². The molecule has 3 aromatic carbocycles. The van der Waals surface area contributed by atoms with Crippen molar-refractivity contribution in [3.05, 3.63) is 107 Å². The first-order valence-electron chi connectivity index (χ1n) is 13.3. The molecular weight excluding hydrogens is 545 g/mol. The molecule has 0 bridgehead atoms. The number of carboxylic acids is 1. The Morgan fingerprint density at radius 3 is 2.38 bits per heavy atom. The summed E-state index contributed by atoms with van der Waals surface area (Å²) >= 11 is 1.54. The summed E-state index contributed by atoms with van der Waals surface area (Å²) in [6.45, 7) is 4.05. The molecule has 0 aliphatic heterocycles. The Morgan fingerprint density at radius 1 is 0.976 bits per heavy atom. The molecule has 1 atom stereocenters. The van der Waals surface area contributed by atoms with Crippen molar-refractivity contribution < 1.29 is 48.9 Å². The maximum absolute atomic E-state index is 13.3. The zero-order valence-electron chi connectivity index (χ0n) is 25.3. The molecule has 1 heterocycles. The van der Waals surface area contributed by atoms with Crippen LogP contribution in [0.2, 0.25) is 0 Å². The minimum Gasteiger partial charge on any atom is -1.00 e. The number of aryl methyl sites for hydroxylation is 1. The van der Waals surface area contributed by atoms with Crippen molar-refractivity contribution in [2.24, 2.45) is 0 Å². The summed E-state index contributed by atoms with van der Waals surface area (Å²) in [4.78, 5) is 36.5. The Kier molecular flexibility index (Phi) is 12.3. The Hall–Kier alpha value is -3.54. The van der Waals surface area contributed by atoms with E-state index in [1.807, 2.05) is 73.8 Å². The molecule has 1 amide bonds. The second-order valence-electron chi connectivity index (χ2n) is 9.73. The molecule has 0 radical (unpaired) electrons. The second-order valence-corrected chi connectivity index (χ2v) is 10.7. The predicted molar refractivity (Wildman–Crippen MR) is 162 cm³/mol. The van der Waals surface area contributed by atoms with Gasteiger partial charge in [0.1, 0.15) is 24.2 Å². The van der Waals surface area contributed by atoms with Crippen molar-refractivity contribution in [3.63, 3.8) is 0 Å². The predicted octanol–water partition coefficient (Wildman–Crippen LogP) is 3.89. The quantitative estimate of drug-likeness (QED) is 0.183. The van der Waals surface area contributed by atoms with Crippen LogP contribution in [0.3, 0.4) is 0 Å². The average molecular weight is 580 g/mol. The smallest absolute Gasteiger partial charge is 1.00 e. The van der Waals surface area contributed by atoms with E-state index in [-0.39, 0.29) is 39.3 Å². The number of Topliss-reactive ketones (excluding diaryl/α,β-unsaturated/α-hetero) is 1. The summed E-state index contributed by atoms with van der Waals surface area (Å²) in [6, 6.07) is 23.2. The third-order valence-corrected chi connectivity index (χ3v) is 7.37. The Morgan fingerprint density at radius 2 is 1.71 bits per heavy atom. The van der Waals surface area contributed by atoms with E-state index in [1.54, 1.807) is 18.2 Å². The standard InChI is InChI=1S/C33H33NO6S.Li.H/c1-21-6-4-5-7-27(21)29-18-23(8-14-28(29)32(36)34-30(33(37)38)16-17-41-3)19-39-20-26-13-15-31(40-26)25-11-9-24(10-12-25)22(2)35;;/h4-15,18,30H,16-17,19-20H2,1-3H3,(H,34,36)(H,37,38);;/q;+1;-1/t30-;;/m0../s1. The van der Waals surface area contributed by atoms with Gasteiger partial charge in [-0.25, -0.2) is 4.79 Å². The number of ether oxygens (including phenoxy) is 1. The molecular formula is C33H34LiNO6S. The monoisotopic (exact) mass is 579 g/mol. The summed E-state index contributed by atoms with van der Waals surface area (Å²) in [7, 11) is 0. The summed E-state index contributed by atoms with van der Waals surface area (Å²) in [5.41, 5.74) is 5.39. The third-order valence-electron chi connectivity index (χ3n) is 6.73. The van der Waals surface area contributed by atoms with Gasteiger partial charge in [-0.05, 0) is 78.8 Å². The molecule has 0 saturated carbocycles. The van der Waals surface area contributed by atoms with Gasteiger partial charge in [0.25, 0.3) is 5.91 Å². The van der Waals surface area contributed by atoms with E-state index in [4.69, 9.17) is 9.15 Å². The van der Waals surface area contributed by atoms with Crippen LogP contribution >= 0.6 is 11.8 Å². The van der Waals surface area contributed by atoms with Gasteiger partial charge in [0, 0.05) is 16.7 Å².